The number of benzene rings is 4. The van der Waals surface area contributed by atoms with Crippen molar-refractivity contribution >= 4 is 17.5 Å². The van der Waals surface area contributed by atoms with E-state index in [4.69, 9.17) is 9.47 Å². The van der Waals surface area contributed by atoms with Crippen LogP contribution in [0.15, 0.2) is 115 Å². The van der Waals surface area contributed by atoms with Crippen LogP contribution < -0.4 is 15.4 Å². The van der Waals surface area contributed by atoms with E-state index in [0.29, 0.717) is 17.2 Å². The Morgan fingerprint density at radius 3 is 1.87 bits per heavy atom. The number of nitrogens with one attached hydrogen (secondary N) is 2. The number of carbonyl (C=O) groups is 2. The molecule has 0 spiro atoms. The van der Waals surface area contributed by atoms with Crippen molar-refractivity contribution in [3.63, 3.8) is 0 Å². The molecule has 2 amide bonds. The largest absolute Gasteiger partial charge is 0.457 e. The van der Waals surface area contributed by atoms with Crippen molar-refractivity contribution in [1.29, 1.82) is 0 Å². The summed E-state index contributed by atoms with van der Waals surface area (Å²) in [6, 6.07) is 34.0. The lowest BCUT2D eigenvalue weighted by molar-refractivity contribution is -0.133. The highest BCUT2D eigenvalue weighted by Gasteiger charge is 2.25. The minimum Gasteiger partial charge on any atom is -0.457 e. The first kappa shape index (κ1) is 26.6. The Labute approximate surface area is 222 Å². The molecule has 4 aromatic carbocycles. The van der Waals surface area contributed by atoms with Crippen molar-refractivity contribution in [2.45, 2.75) is 25.2 Å². The quantitative estimate of drug-likeness (QED) is 0.256. The summed E-state index contributed by atoms with van der Waals surface area (Å²) in [6.07, 6.45) is -1.18. The predicted molar refractivity (Wildman–Crippen MR) is 146 cm³/mol. The summed E-state index contributed by atoms with van der Waals surface area (Å²) in [5.41, 5.74) is 2.29. The van der Waals surface area contributed by atoms with Gasteiger partial charge in [-0.3, -0.25) is 9.59 Å². The van der Waals surface area contributed by atoms with Crippen molar-refractivity contribution in [2.75, 3.05) is 11.9 Å². The number of para-hydroxylation sites is 1. The van der Waals surface area contributed by atoms with Crippen LogP contribution in [-0.2, 0) is 27.4 Å². The Morgan fingerprint density at radius 1 is 0.684 bits per heavy atom. The van der Waals surface area contributed by atoms with Gasteiger partial charge in [0, 0.05) is 12.1 Å². The fraction of sp³-hybridized carbons (Fsp3) is 0.161. The molecule has 0 saturated carbocycles. The second-order valence-corrected chi connectivity index (χ2v) is 8.70. The molecule has 38 heavy (non-hydrogen) atoms. The summed E-state index contributed by atoms with van der Waals surface area (Å²) >= 11 is 0. The highest BCUT2D eigenvalue weighted by Crippen LogP contribution is 2.22. The normalized spacial score (nSPS) is 12.2. The Hall–Kier alpha value is -4.46. The molecule has 7 nitrogen and oxygen atoms in total. The van der Waals surface area contributed by atoms with Crippen LogP contribution in [0.2, 0.25) is 0 Å². The van der Waals surface area contributed by atoms with Crippen molar-refractivity contribution < 1.29 is 24.2 Å². The number of hydrogen-bond acceptors (Lipinski definition) is 5. The third-order valence-corrected chi connectivity index (χ3v) is 5.70. The zero-order chi connectivity index (χ0) is 26.6. The van der Waals surface area contributed by atoms with Gasteiger partial charge in [-0.25, -0.2) is 0 Å². The molecule has 0 fully saturated rings. The average Bonchev–Trinajstić information content (AvgIpc) is 2.95. The summed E-state index contributed by atoms with van der Waals surface area (Å²) in [6.45, 7) is 0.207. The summed E-state index contributed by atoms with van der Waals surface area (Å²) < 4.78 is 11.5. The lowest BCUT2D eigenvalue weighted by atomic mass is 10.1. The van der Waals surface area contributed by atoms with Gasteiger partial charge in [-0.1, -0.05) is 78.9 Å². The van der Waals surface area contributed by atoms with E-state index < -0.39 is 24.0 Å². The smallest absolute Gasteiger partial charge is 0.249 e. The van der Waals surface area contributed by atoms with E-state index in [1.807, 2.05) is 91.0 Å². The zero-order valence-corrected chi connectivity index (χ0v) is 20.8. The summed E-state index contributed by atoms with van der Waals surface area (Å²) in [4.78, 5) is 25.9. The minimum absolute atomic E-state index is 0.0697. The molecule has 2 atom stereocenters. The predicted octanol–water partition coefficient (Wildman–Crippen LogP) is 4.72. The fourth-order valence-electron chi connectivity index (χ4n) is 3.71. The van der Waals surface area contributed by atoms with Gasteiger partial charge in [0.25, 0.3) is 0 Å². The first-order valence-electron chi connectivity index (χ1n) is 12.3. The van der Waals surface area contributed by atoms with Crippen molar-refractivity contribution in [3.8, 4) is 11.5 Å². The molecule has 0 aliphatic rings. The number of rotatable bonds is 12. The third-order valence-electron chi connectivity index (χ3n) is 5.70. The van der Waals surface area contributed by atoms with Crippen molar-refractivity contribution in [1.82, 2.24) is 5.32 Å². The molecule has 0 bridgehead atoms. The van der Waals surface area contributed by atoms with Gasteiger partial charge in [0.1, 0.15) is 23.6 Å². The third kappa shape index (κ3) is 8.30. The highest BCUT2D eigenvalue weighted by atomic mass is 16.5. The van der Waals surface area contributed by atoms with Crippen molar-refractivity contribution in [3.05, 3.63) is 126 Å². The lowest BCUT2D eigenvalue weighted by Crippen LogP contribution is -2.50. The van der Waals surface area contributed by atoms with Gasteiger partial charge in [0.05, 0.1) is 13.2 Å². The molecule has 0 aliphatic carbocycles. The van der Waals surface area contributed by atoms with Crippen LogP contribution in [0.25, 0.3) is 0 Å². The molecular formula is C31H30N2O5. The van der Waals surface area contributed by atoms with E-state index in [2.05, 4.69) is 10.6 Å². The van der Waals surface area contributed by atoms with Gasteiger partial charge in [-0.15, -0.1) is 0 Å². The monoisotopic (exact) mass is 510 g/mol. The molecule has 4 rings (SSSR count). The minimum atomic E-state index is -1.31. The topological polar surface area (TPSA) is 96.9 Å². The van der Waals surface area contributed by atoms with Gasteiger partial charge >= 0.3 is 0 Å². The molecule has 4 aromatic rings. The van der Waals surface area contributed by atoms with Crippen LogP contribution in [0.3, 0.4) is 0 Å². The first-order valence-corrected chi connectivity index (χ1v) is 12.3. The number of carbonyl (C=O) groups excluding carboxylic acids is 2. The molecule has 0 aromatic heterocycles. The number of aliphatic hydroxyl groups is 1. The van der Waals surface area contributed by atoms with E-state index in [1.165, 1.54) is 0 Å². The first-order chi connectivity index (χ1) is 18.6. The Morgan fingerprint density at radius 2 is 1.24 bits per heavy atom. The Kier molecular flexibility index (Phi) is 9.62. The SMILES string of the molecule is O=C(NC(COCc1ccccc1)C(=O)Nc1ccc(Oc2ccccc2)cc1)C(O)Cc1ccccc1. The summed E-state index contributed by atoms with van der Waals surface area (Å²) in [7, 11) is 0. The van der Waals surface area contributed by atoms with Crippen LogP contribution in [0, 0.1) is 0 Å². The Balaban J connectivity index is 1.38. The fourth-order valence-corrected chi connectivity index (χ4v) is 3.71. The van der Waals surface area contributed by atoms with Crippen molar-refractivity contribution in [2.24, 2.45) is 0 Å². The van der Waals surface area contributed by atoms with Gasteiger partial charge in [0.15, 0.2) is 0 Å². The van der Waals surface area contributed by atoms with E-state index in [9.17, 15) is 14.7 Å². The molecule has 0 aliphatic heterocycles. The molecule has 3 N–H and O–H groups in total. The lowest BCUT2D eigenvalue weighted by Gasteiger charge is -2.21. The average molecular weight is 511 g/mol. The summed E-state index contributed by atoms with van der Waals surface area (Å²) in [5.74, 6) is 0.213. The molecule has 7 heteroatoms. The maximum absolute atomic E-state index is 13.1. The number of anilines is 1. The number of hydrogen-bond donors (Lipinski definition) is 3. The van der Waals surface area contributed by atoms with Gasteiger partial charge in [0.2, 0.25) is 11.8 Å². The summed E-state index contributed by atoms with van der Waals surface area (Å²) in [5, 5.41) is 15.9. The molecular weight excluding hydrogens is 480 g/mol. The highest BCUT2D eigenvalue weighted by molar-refractivity contribution is 5.97. The van der Waals surface area contributed by atoms with Crippen LogP contribution in [0.1, 0.15) is 11.1 Å². The molecule has 0 saturated heterocycles. The Bertz CT molecular complexity index is 1280. The molecule has 0 radical (unpaired) electrons. The number of ether oxygens (including phenoxy) is 2. The molecule has 0 heterocycles. The van der Waals surface area contributed by atoms with Gasteiger partial charge in [-0.2, -0.15) is 0 Å². The van der Waals surface area contributed by atoms with Crippen LogP contribution in [0.4, 0.5) is 5.69 Å². The van der Waals surface area contributed by atoms with Gasteiger partial charge in [-0.05, 0) is 47.5 Å². The van der Waals surface area contributed by atoms with E-state index in [-0.39, 0.29) is 19.6 Å². The van der Waals surface area contributed by atoms with E-state index in [1.54, 1.807) is 24.3 Å². The second kappa shape index (κ2) is 13.7. The molecule has 194 valence electrons. The number of amides is 2. The van der Waals surface area contributed by atoms with Crippen LogP contribution >= 0.6 is 0 Å². The molecule has 2 unspecified atom stereocenters. The van der Waals surface area contributed by atoms with Crippen LogP contribution in [-0.4, -0.2) is 35.7 Å². The second-order valence-electron chi connectivity index (χ2n) is 8.70. The maximum Gasteiger partial charge on any atom is 0.249 e. The number of aliphatic hydroxyl groups excluding tert-OH is 1. The maximum atomic E-state index is 13.1. The van der Waals surface area contributed by atoms with E-state index in [0.717, 1.165) is 11.1 Å². The van der Waals surface area contributed by atoms with Gasteiger partial charge < -0.3 is 25.2 Å². The van der Waals surface area contributed by atoms with E-state index >= 15 is 0 Å². The standard InChI is InChI=1S/C31H30N2O5/c34-29(20-23-10-4-1-5-11-23)31(36)33-28(22-37-21-24-12-6-2-7-13-24)30(35)32-25-16-18-27(19-17-25)38-26-14-8-3-9-15-26/h1-19,28-29,34H,20-22H2,(H,32,35)(H,33,36). The van der Waals surface area contributed by atoms with Crippen LogP contribution in [0.5, 0.6) is 11.5 Å². The zero-order valence-electron chi connectivity index (χ0n) is 20.8.